The minimum absolute atomic E-state index is 0.264. The first-order valence-corrected chi connectivity index (χ1v) is 5.91. The number of ether oxygens (including phenoxy) is 1. The van der Waals surface area contributed by atoms with Crippen molar-refractivity contribution in [3.63, 3.8) is 0 Å². The van der Waals surface area contributed by atoms with E-state index in [1.807, 2.05) is 13.0 Å². The molecule has 1 N–H and O–H groups in total. The molecule has 0 aliphatic heterocycles. The summed E-state index contributed by atoms with van der Waals surface area (Å²) in [4.78, 5) is 14.9. The van der Waals surface area contributed by atoms with E-state index in [1.165, 1.54) is 5.56 Å². The molecule has 0 atom stereocenters. The van der Waals surface area contributed by atoms with Gasteiger partial charge in [-0.15, -0.1) is 0 Å². The SMILES string of the molecule is CCOC(=O)c1c[nH]c2ccc(C(C)C)cc12. The molecule has 2 rings (SSSR count). The molecule has 0 fully saturated rings. The Labute approximate surface area is 101 Å². The number of carbonyl (C=O) groups is 1. The molecule has 0 spiro atoms. The monoisotopic (exact) mass is 231 g/mol. The molecule has 0 aliphatic rings. The Hall–Kier alpha value is -1.77. The zero-order valence-corrected chi connectivity index (χ0v) is 10.4. The summed E-state index contributed by atoms with van der Waals surface area (Å²) in [5.41, 5.74) is 2.81. The van der Waals surface area contributed by atoms with E-state index in [9.17, 15) is 4.79 Å². The quantitative estimate of drug-likeness (QED) is 0.822. The van der Waals surface area contributed by atoms with Crippen molar-refractivity contribution in [1.82, 2.24) is 4.98 Å². The van der Waals surface area contributed by atoms with Gasteiger partial charge < -0.3 is 9.72 Å². The highest BCUT2D eigenvalue weighted by Gasteiger charge is 2.13. The number of aromatic amines is 1. The summed E-state index contributed by atoms with van der Waals surface area (Å²) in [6.45, 7) is 6.48. The van der Waals surface area contributed by atoms with Crippen molar-refractivity contribution in [2.45, 2.75) is 26.7 Å². The van der Waals surface area contributed by atoms with Gasteiger partial charge in [-0.25, -0.2) is 4.79 Å². The molecule has 3 heteroatoms. The maximum absolute atomic E-state index is 11.8. The van der Waals surface area contributed by atoms with Crippen molar-refractivity contribution in [1.29, 1.82) is 0 Å². The molecular formula is C14H17NO2. The number of carbonyl (C=O) groups excluding carboxylic acids is 1. The summed E-state index contributed by atoms with van der Waals surface area (Å²) in [6.07, 6.45) is 1.72. The van der Waals surface area contributed by atoms with Crippen LogP contribution in [0, 0.1) is 0 Å². The maximum Gasteiger partial charge on any atom is 0.340 e. The van der Waals surface area contributed by atoms with Crippen molar-refractivity contribution in [2.75, 3.05) is 6.61 Å². The van der Waals surface area contributed by atoms with Gasteiger partial charge in [0.25, 0.3) is 0 Å². The number of benzene rings is 1. The van der Waals surface area contributed by atoms with Crippen molar-refractivity contribution < 1.29 is 9.53 Å². The van der Waals surface area contributed by atoms with Gasteiger partial charge in [-0.1, -0.05) is 19.9 Å². The summed E-state index contributed by atoms with van der Waals surface area (Å²) < 4.78 is 5.04. The number of esters is 1. The normalized spacial score (nSPS) is 11.1. The minimum atomic E-state index is -0.264. The van der Waals surface area contributed by atoms with E-state index in [-0.39, 0.29) is 5.97 Å². The Kier molecular flexibility index (Phi) is 3.18. The molecule has 1 heterocycles. The summed E-state index contributed by atoms with van der Waals surface area (Å²) in [6, 6.07) is 6.15. The summed E-state index contributed by atoms with van der Waals surface area (Å²) in [7, 11) is 0. The van der Waals surface area contributed by atoms with E-state index in [0.717, 1.165) is 10.9 Å². The van der Waals surface area contributed by atoms with Crippen molar-refractivity contribution in [3.8, 4) is 0 Å². The van der Waals surface area contributed by atoms with Crippen LogP contribution in [0.1, 0.15) is 42.6 Å². The maximum atomic E-state index is 11.8. The standard InChI is InChI=1S/C14H17NO2/c1-4-17-14(16)12-8-15-13-6-5-10(9(2)3)7-11(12)13/h5-9,15H,4H2,1-3H3. The largest absolute Gasteiger partial charge is 0.462 e. The number of fused-ring (bicyclic) bond motifs is 1. The molecule has 0 radical (unpaired) electrons. The summed E-state index contributed by atoms with van der Waals surface area (Å²) in [5.74, 6) is 0.184. The molecule has 0 saturated heterocycles. The van der Waals surface area contributed by atoms with Gasteiger partial charge in [0.2, 0.25) is 0 Å². The van der Waals surface area contributed by atoms with Crippen LogP contribution in [0.2, 0.25) is 0 Å². The highest BCUT2D eigenvalue weighted by atomic mass is 16.5. The molecule has 0 unspecified atom stereocenters. The molecule has 3 nitrogen and oxygen atoms in total. The van der Waals surface area contributed by atoms with Crippen LogP contribution in [0.4, 0.5) is 0 Å². The predicted octanol–water partition coefficient (Wildman–Crippen LogP) is 3.47. The molecular weight excluding hydrogens is 214 g/mol. The molecule has 90 valence electrons. The second kappa shape index (κ2) is 4.62. The number of nitrogens with one attached hydrogen (secondary N) is 1. The Morgan fingerprint density at radius 3 is 2.82 bits per heavy atom. The van der Waals surface area contributed by atoms with E-state index in [1.54, 1.807) is 6.20 Å². The number of aromatic nitrogens is 1. The van der Waals surface area contributed by atoms with Gasteiger partial charge in [0, 0.05) is 17.1 Å². The fourth-order valence-electron chi connectivity index (χ4n) is 1.88. The molecule has 0 amide bonds. The van der Waals surface area contributed by atoms with Gasteiger partial charge >= 0.3 is 5.97 Å². The van der Waals surface area contributed by atoms with Gasteiger partial charge in [-0.3, -0.25) is 0 Å². The zero-order valence-electron chi connectivity index (χ0n) is 10.4. The highest BCUT2D eigenvalue weighted by Crippen LogP contribution is 2.24. The van der Waals surface area contributed by atoms with Crippen LogP contribution >= 0.6 is 0 Å². The Bertz CT molecular complexity index is 540. The molecule has 1 aromatic carbocycles. The number of hydrogen-bond acceptors (Lipinski definition) is 2. The third kappa shape index (κ3) is 2.18. The predicted molar refractivity (Wildman–Crippen MR) is 68.3 cm³/mol. The smallest absolute Gasteiger partial charge is 0.340 e. The van der Waals surface area contributed by atoms with Gasteiger partial charge in [-0.05, 0) is 30.5 Å². The first-order valence-electron chi connectivity index (χ1n) is 5.91. The summed E-state index contributed by atoms with van der Waals surface area (Å²) in [5, 5.41) is 0.939. The van der Waals surface area contributed by atoms with E-state index in [4.69, 9.17) is 4.74 Å². The van der Waals surface area contributed by atoms with E-state index >= 15 is 0 Å². The average molecular weight is 231 g/mol. The molecule has 0 saturated carbocycles. The Morgan fingerprint density at radius 1 is 1.41 bits per heavy atom. The van der Waals surface area contributed by atoms with Gasteiger partial charge in [0.15, 0.2) is 0 Å². The van der Waals surface area contributed by atoms with Crippen LogP contribution in [0.3, 0.4) is 0 Å². The van der Waals surface area contributed by atoms with Crippen molar-refractivity contribution >= 4 is 16.9 Å². The van der Waals surface area contributed by atoms with Crippen LogP contribution < -0.4 is 0 Å². The summed E-state index contributed by atoms with van der Waals surface area (Å²) >= 11 is 0. The minimum Gasteiger partial charge on any atom is -0.462 e. The highest BCUT2D eigenvalue weighted by molar-refractivity contribution is 6.04. The molecule has 0 bridgehead atoms. The Morgan fingerprint density at radius 2 is 2.18 bits per heavy atom. The topological polar surface area (TPSA) is 42.1 Å². The number of rotatable bonds is 3. The first-order chi connectivity index (χ1) is 8.13. The molecule has 2 aromatic rings. The second-order valence-corrected chi connectivity index (χ2v) is 4.38. The van der Waals surface area contributed by atoms with E-state index in [0.29, 0.717) is 18.1 Å². The molecule has 17 heavy (non-hydrogen) atoms. The lowest BCUT2D eigenvalue weighted by molar-refractivity contribution is 0.0529. The lowest BCUT2D eigenvalue weighted by Gasteiger charge is -2.05. The van der Waals surface area contributed by atoms with Gasteiger partial charge in [0.05, 0.1) is 12.2 Å². The average Bonchev–Trinajstić information content (AvgIpc) is 2.71. The van der Waals surface area contributed by atoms with Crippen molar-refractivity contribution in [3.05, 3.63) is 35.5 Å². The van der Waals surface area contributed by atoms with Crippen LogP contribution in [-0.4, -0.2) is 17.6 Å². The van der Waals surface area contributed by atoms with Crippen LogP contribution in [0.5, 0.6) is 0 Å². The van der Waals surface area contributed by atoms with Crippen LogP contribution in [0.25, 0.3) is 10.9 Å². The third-order valence-corrected chi connectivity index (χ3v) is 2.87. The molecule has 0 aliphatic carbocycles. The number of H-pyrrole nitrogens is 1. The van der Waals surface area contributed by atoms with Crippen molar-refractivity contribution in [2.24, 2.45) is 0 Å². The van der Waals surface area contributed by atoms with Crippen LogP contribution in [-0.2, 0) is 4.74 Å². The van der Waals surface area contributed by atoms with Gasteiger partial charge in [0.1, 0.15) is 0 Å². The second-order valence-electron chi connectivity index (χ2n) is 4.38. The van der Waals surface area contributed by atoms with E-state index < -0.39 is 0 Å². The zero-order chi connectivity index (χ0) is 12.4. The molecule has 1 aromatic heterocycles. The van der Waals surface area contributed by atoms with Crippen LogP contribution in [0.15, 0.2) is 24.4 Å². The fourth-order valence-corrected chi connectivity index (χ4v) is 1.88. The van der Waals surface area contributed by atoms with Gasteiger partial charge in [-0.2, -0.15) is 0 Å². The third-order valence-electron chi connectivity index (χ3n) is 2.87. The number of hydrogen-bond donors (Lipinski definition) is 1. The first kappa shape index (κ1) is 11.7. The fraction of sp³-hybridized carbons (Fsp3) is 0.357. The lowest BCUT2D eigenvalue weighted by atomic mass is 10.0. The lowest BCUT2D eigenvalue weighted by Crippen LogP contribution is -2.03. The van der Waals surface area contributed by atoms with E-state index in [2.05, 4.69) is 31.0 Å². The Balaban J connectivity index is 2.50.